The Morgan fingerprint density at radius 3 is 2.35 bits per heavy atom. The van der Waals surface area contributed by atoms with Crippen molar-refractivity contribution in [1.29, 1.82) is 0 Å². The van der Waals surface area contributed by atoms with Crippen LogP contribution in [0.25, 0.3) is 5.78 Å². The Balaban J connectivity index is 2.08. The second kappa shape index (κ2) is 5.65. The van der Waals surface area contributed by atoms with Gasteiger partial charge in [0.2, 0.25) is 0 Å². The van der Waals surface area contributed by atoms with Crippen molar-refractivity contribution in [3.05, 3.63) is 57.1 Å². The fraction of sp³-hybridized carbons (Fsp3) is 0.214. The summed E-state index contributed by atoms with van der Waals surface area (Å²) in [6.45, 7) is 1.67. The van der Waals surface area contributed by atoms with Gasteiger partial charge in [0, 0.05) is 22.7 Å². The van der Waals surface area contributed by atoms with Crippen LogP contribution in [-0.2, 0) is 12.6 Å². The maximum atomic E-state index is 12.7. The predicted octanol–water partition coefficient (Wildman–Crippen LogP) is 4.35. The third kappa shape index (κ3) is 3.11. The molecule has 0 unspecified atom stereocenters. The van der Waals surface area contributed by atoms with Crippen LogP contribution >= 0.6 is 23.2 Å². The number of rotatable bonds is 2. The molecule has 0 saturated heterocycles. The van der Waals surface area contributed by atoms with Crippen LogP contribution in [0.4, 0.5) is 13.2 Å². The maximum Gasteiger partial charge on any atom is 0.453 e. The lowest BCUT2D eigenvalue weighted by molar-refractivity contribution is -0.144. The van der Waals surface area contributed by atoms with Crippen LogP contribution in [0, 0.1) is 6.92 Å². The molecule has 3 aromatic rings. The molecular formula is C14H9Cl2F3N4. The summed E-state index contributed by atoms with van der Waals surface area (Å²) in [5.74, 6) is -1.45. The van der Waals surface area contributed by atoms with Crippen molar-refractivity contribution in [2.75, 3.05) is 0 Å². The van der Waals surface area contributed by atoms with E-state index >= 15 is 0 Å². The number of benzene rings is 1. The van der Waals surface area contributed by atoms with Crippen molar-refractivity contribution in [2.24, 2.45) is 0 Å². The lowest BCUT2D eigenvalue weighted by Crippen LogP contribution is -2.08. The highest BCUT2D eigenvalue weighted by molar-refractivity contribution is 6.31. The van der Waals surface area contributed by atoms with Crippen LogP contribution in [0.5, 0.6) is 0 Å². The van der Waals surface area contributed by atoms with Gasteiger partial charge in [-0.1, -0.05) is 35.3 Å². The molecule has 23 heavy (non-hydrogen) atoms. The van der Waals surface area contributed by atoms with Crippen molar-refractivity contribution >= 4 is 29.0 Å². The highest BCUT2D eigenvalue weighted by atomic mass is 35.5. The normalized spacial score (nSPS) is 12.1. The molecule has 1 aromatic carbocycles. The van der Waals surface area contributed by atoms with Crippen molar-refractivity contribution < 1.29 is 13.2 Å². The van der Waals surface area contributed by atoms with Crippen LogP contribution in [0.3, 0.4) is 0 Å². The SMILES string of the molecule is Cc1nc2nc(C(F)(F)F)nn2c(Cl)c1Cc1ccc(Cl)cc1. The summed E-state index contributed by atoms with van der Waals surface area (Å²) in [6, 6.07) is 7.07. The van der Waals surface area contributed by atoms with Gasteiger partial charge in [-0.2, -0.15) is 22.7 Å². The molecule has 9 heteroatoms. The van der Waals surface area contributed by atoms with E-state index in [9.17, 15) is 13.2 Å². The van der Waals surface area contributed by atoms with Gasteiger partial charge in [0.05, 0.1) is 0 Å². The van der Waals surface area contributed by atoms with E-state index in [1.807, 2.05) is 12.1 Å². The molecule has 0 radical (unpaired) electrons. The standard InChI is InChI=1S/C14H9Cl2F3N4/c1-7-10(6-8-2-4-9(15)5-3-8)11(16)23-13(20-7)21-12(22-23)14(17,18)19/h2-5H,6H2,1H3. The Labute approximate surface area is 138 Å². The van der Waals surface area contributed by atoms with Crippen molar-refractivity contribution in [3.63, 3.8) is 0 Å². The number of nitrogens with zero attached hydrogens (tertiary/aromatic N) is 4. The van der Waals surface area contributed by atoms with Crippen molar-refractivity contribution in [3.8, 4) is 0 Å². The molecule has 0 saturated carbocycles. The number of halogens is 5. The van der Waals surface area contributed by atoms with Gasteiger partial charge in [0.1, 0.15) is 5.15 Å². The van der Waals surface area contributed by atoms with E-state index < -0.39 is 12.0 Å². The average molecular weight is 361 g/mol. The predicted molar refractivity (Wildman–Crippen MR) is 79.8 cm³/mol. The molecule has 3 rings (SSSR count). The molecule has 120 valence electrons. The van der Waals surface area contributed by atoms with E-state index in [0.29, 0.717) is 22.7 Å². The quantitative estimate of drug-likeness (QED) is 0.638. The fourth-order valence-corrected chi connectivity index (χ4v) is 2.57. The lowest BCUT2D eigenvalue weighted by atomic mass is 10.1. The molecule has 0 atom stereocenters. The summed E-state index contributed by atoms with van der Waals surface area (Å²) in [5.41, 5.74) is 1.98. The minimum Gasteiger partial charge on any atom is -0.216 e. The fourth-order valence-electron chi connectivity index (χ4n) is 2.13. The molecule has 2 aromatic heterocycles. The Kier molecular flexibility index (Phi) is 3.93. The van der Waals surface area contributed by atoms with E-state index in [-0.39, 0.29) is 10.9 Å². The second-order valence-electron chi connectivity index (χ2n) is 4.91. The zero-order valence-electron chi connectivity index (χ0n) is 11.7. The highest BCUT2D eigenvalue weighted by Crippen LogP contribution is 2.29. The van der Waals surface area contributed by atoms with Crippen LogP contribution in [-0.4, -0.2) is 19.6 Å². The molecule has 0 aliphatic rings. The van der Waals surface area contributed by atoms with E-state index in [4.69, 9.17) is 23.2 Å². The number of hydrogen-bond acceptors (Lipinski definition) is 3. The van der Waals surface area contributed by atoms with Crippen LogP contribution < -0.4 is 0 Å². The van der Waals surface area contributed by atoms with Crippen molar-refractivity contribution in [2.45, 2.75) is 19.5 Å². The first-order valence-corrected chi connectivity index (χ1v) is 7.24. The van der Waals surface area contributed by atoms with Crippen LogP contribution in [0.15, 0.2) is 24.3 Å². The topological polar surface area (TPSA) is 43.1 Å². The molecule has 0 spiro atoms. The van der Waals surface area contributed by atoms with Gasteiger partial charge in [-0.05, 0) is 24.6 Å². The summed E-state index contributed by atoms with van der Waals surface area (Å²) >= 11 is 12.1. The van der Waals surface area contributed by atoms with Gasteiger partial charge in [0.15, 0.2) is 0 Å². The maximum absolute atomic E-state index is 12.7. The number of fused-ring (bicyclic) bond motifs is 1. The summed E-state index contributed by atoms with van der Waals surface area (Å²) in [4.78, 5) is 7.44. The first kappa shape index (κ1) is 16.0. The summed E-state index contributed by atoms with van der Waals surface area (Å²) in [5, 5.41) is 4.06. The average Bonchev–Trinajstić information content (AvgIpc) is 2.89. The Morgan fingerprint density at radius 2 is 1.74 bits per heavy atom. The van der Waals surface area contributed by atoms with Gasteiger partial charge in [-0.3, -0.25) is 0 Å². The van der Waals surface area contributed by atoms with Gasteiger partial charge in [0.25, 0.3) is 11.6 Å². The smallest absolute Gasteiger partial charge is 0.216 e. The number of alkyl halides is 3. The second-order valence-corrected chi connectivity index (χ2v) is 5.71. The monoisotopic (exact) mass is 360 g/mol. The minimum absolute atomic E-state index is 0.0606. The molecule has 0 fully saturated rings. The molecule has 4 nitrogen and oxygen atoms in total. The zero-order valence-corrected chi connectivity index (χ0v) is 13.2. The van der Waals surface area contributed by atoms with Crippen molar-refractivity contribution in [1.82, 2.24) is 19.6 Å². The van der Waals surface area contributed by atoms with Crippen LogP contribution in [0.1, 0.15) is 22.6 Å². The Morgan fingerprint density at radius 1 is 1.09 bits per heavy atom. The first-order chi connectivity index (χ1) is 10.8. The molecule has 2 heterocycles. The highest BCUT2D eigenvalue weighted by Gasteiger charge is 2.37. The first-order valence-electron chi connectivity index (χ1n) is 6.49. The van der Waals surface area contributed by atoms with Gasteiger partial charge < -0.3 is 0 Å². The summed E-state index contributed by atoms with van der Waals surface area (Å²) in [6.07, 6.45) is -4.26. The Hall–Kier alpha value is -1.86. The molecule has 0 aliphatic heterocycles. The number of hydrogen-bond donors (Lipinski definition) is 0. The van der Waals surface area contributed by atoms with Crippen LogP contribution in [0.2, 0.25) is 10.2 Å². The van der Waals surface area contributed by atoms with E-state index in [1.54, 1.807) is 19.1 Å². The molecule has 0 amide bonds. The molecule has 0 aliphatic carbocycles. The largest absolute Gasteiger partial charge is 0.453 e. The van der Waals surface area contributed by atoms with E-state index in [1.165, 1.54) is 0 Å². The van der Waals surface area contributed by atoms with Gasteiger partial charge in [-0.15, -0.1) is 5.10 Å². The third-order valence-electron chi connectivity index (χ3n) is 3.28. The summed E-state index contributed by atoms with van der Waals surface area (Å²) in [7, 11) is 0. The zero-order chi connectivity index (χ0) is 16.8. The van der Waals surface area contributed by atoms with Gasteiger partial charge >= 0.3 is 6.18 Å². The molecular weight excluding hydrogens is 352 g/mol. The van der Waals surface area contributed by atoms with E-state index in [0.717, 1.165) is 10.1 Å². The minimum atomic E-state index is -4.65. The Bertz CT molecular complexity index is 872. The number of aryl methyl sites for hydroxylation is 1. The van der Waals surface area contributed by atoms with E-state index in [2.05, 4.69) is 15.1 Å². The third-order valence-corrected chi connectivity index (χ3v) is 3.92. The molecule has 0 bridgehead atoms. The lowest BCUT2D eigenvalue weighted by Gasteiger charge is -2.09. The van der Waals surface area contributed by atoms with Gasteiger partial charge in [-0.25, -0.2) is 4.98 Å². The molecule has 0 N–H and O–H groups in total. The number of aromatic nitrogens is 4. The summed E-state index contributed by atoms with van der Waals surface area (Å²) < 4.78 is 39.1.